The molecule has 0 aliphatic carbocycles. The Morgan fingerprint density at radius 1 is 1.00 bits per heavy atom. The first kappa shape index (κ1) is 18.5. The summed E-state index contributed by atoms with van der Waals surface area (Å²) in [6.07, 6.45) is 1.11. The van der Waals surface area contributed by atoms with Gasteiger partial charge in [-0.1, -0.05) is 30.3 Å². The molecule has 2 aromatic rings. The third-order valence-electron chi connectivity index (χ3n) is 3.77. The third kappa shape index (κ3) is 5.64. The lowest BCUT2D eigenvalue weighted by Crippen LogP contribution is -2.26. The van der Waals surface area contributed by atoms with Crippen molar-refractivity contribution in [3.05, 3.63) is 54.6 Å². The Morgan fingerprint density at radius 3 is 2.40 bits per heavy atom. The van der Waals surface area contributed by atoms with Gasteiger partial charge in [0.1, 0.15) is 5.75 Å². The van der Waals surface area contributed by atoms with E-state index in [0.717, 1.165) is 5.69 Å². The van der Waals surface area contributed by atoms with Gasteiger partial charge >= 0.3 is 0 Å². The number of amides is 2. The lowest BCUT2D eigenvalue weighted by molar-refractivity contribution is -0.118. The highest BCUT2D eigenvalue weighted by Crippen LogP contribution is 2.24. The van der Waals surface area contributed by atoms with Crippen molar-refractivity contribution in [2.45, 2.75) is 26.2 Å². The van der Waals surface area contributed by atoms with Crippen molar-refractivity contribution in [2.24, 2.45) is 0 Å². The van der Waals surface area contributed by atoms with E-state index in [0.29, 0.717) is 30.9 Å². The summed E-state index contributed by atoms with van der Waals surface area (Å²) < 4.78 is 5.49. The minimum Gasteiger partial charge on any atom is -0.492 e. The predicted molar refractivity (Wildman–Crippen MR) is 99.9 cm³/mol. The van der Waals surface area contributed by atoms with Crippen LogP contribution in [0.25, 0.3) is 0 Å². The van der Waals surface area contributed by atoms with E-state index in [2.05, 4.69) is 5.32 Å². The van der Waals surface area contributed by atoms with E-state index in [1.807, 2.05) is 55.5 Å². The van der Waals surface area contributed by atoms with E-state index in [1.54, 1.807) is 18.0 Å². The zero-order valence-corrected chi connectivity index (χ0v) is 14.7. The van der Waals surface area contributed by atoms with Crippen LogP contribution in [0.1, 0.15) is 26.2 Å². The normalized spacial score (nSPS) is 10.2. The number of benzene rings is 2. The van der Waals surface area contributed by atoms with Gasteiger partial charge < -0.3 is 15.0 Å². The Hall–Kier alpha value is -2.82. The van der Waals surface area contributed by atoms with E-state index in [1.165, 1.54) is 0 Å². The van der Waals surface area contributed by atoms with Gasteiger partial charge in [0.15, 0.2) is 0 Å². The molecular formula is C20H24N2O3. The summed E-state index contributed by atoms with van der Waals surface area (Å²) >= 11 is 0. The highest BCUT2D eigenvalue weighted by molar-refractivity contribution is 5.94. The standard InChI is InChI=1S/C20H24N2O3/c1-3-25-18-13-8-7-12-17(18)21-19(23)14-9-15-20(24)22(2)16-10-5-4-6-11-16/h4-8,10-13H,3,9,14-15H2,1-2H3,(H,21,23). The smallest absolute Gasteiger partial charge is 0.226 e. The molecule has 2 aromatic carbocycles. The molecule has 0 atom stereocenters. The zero-order chi connectivity index (χ0) is 18.1. The third-order valence-corrected chi connectivity index (χ3v) is 3.77. The molecule has 0 saturated carbocycles. The van der Waals surface area contributed by atoms with Crippen LogP contribution in [0.5, 0.6) is 5.75 Å². The summed E-state index contributed by atoms with van der Waals surface area (Å²) in [5, 5.41) is 2.84. The second-order valence-electron chi connectivity index (χ2n) is 5.62. The van der Waals surface area contributed by atoms with Gasteiger partial charge in [0, 0.05) is 25.6 Å². The van der Waals surface area contributed by atoms with Crippen molar-refractivity contribution in [3.8, 4) is 5.75 Å². The maximum Gasteiger partial charge on any atom is 0.226 e. The van der Waals surface area contributed by atoms with Crippen molar-refractivity contribution < 1.29 is 14.3 Å². The van der Waals surface area contributed by atoms with Gasteiger partial charge in [-0.15, -0.1) is 0 Å². The minimum atomic E-state index is -0.123. The second kappa shape index (κ2) is 9.47. The lowest BCUT2D eigenvalue weighted by Gasteiger charge is -2.17. The first-order chi connectivity index (χ1) is 12.1. The van der Waals surface area contributed by atoms with Crippen LogP contribution in [0.15, 0.2) is 54.6 Å². The van der Waals surface area contributed by atoms with Crippen LogP contribution in [0, 0.1) is 0 Å². The summed E-state index contributed by atoms with van der Waals surface area (Å²) in [6, 6.07) is 16.8. The van der Waals surface area contributed by atoms with Crippen LogP contribution in [0.4, 0.5) is 11.4 Å². The van der Waals surface area contributed by atoms with Gasteiger partial charge in [-0.05, 0) is 37.6 Å². The molecule has 0 heterocycles. The van der Waals surface area contributed by atoms with Crippen molar-refractivity contribution >= 4 is 23.2 Å². The number of anilines is 2. The molecule has 2 rings (SSSR count). The van der Waals surface area contributed by atoms with E-state index < -0.39 is 0 Å². The number of carbonyl (C=O) groups excluding carboxylic acids is 2. The molecule has 0 radical (unpaired) electrons. The number of rotatable bonds is 8. The summed E-state index contributed by atoms with van der Waals surface area (Å²) in [5.41, 5.74) is 1.50. The van der Waals surface area contributed by atoms with Gasteiger partial charge in [0.05, 0.1) is 12.3 Å². The van der Waals surface area contributed by atoms with Gasteiger partial charge in [0.2, 0.25) is 11.8 Å². The van der Waals surface area contributed by atoms with Crippen molar-refractivity contribution in [3.63, 3.8) is 0 Å². The Morgan fingerprint density at radius 2 is 1.68 bits per heavy atom. The van der Waals surface area contributed by atoms with Gasteiger partial charge in [-0.25, -0.2) is 0 Å². The van der Waals surface area contributed by atoms with Crippen LogP contribution in [0.2, 0.25) is 0 Å². The second-order valence-corrected chi connectivity index (χ2v) is 5.62. The summed E-state index contributed by atoms with van der Waals surface area (Å²) in [5.74, 6) is 0.522. The lowest BCUT2D eigenvalue weighted by atomic mass is 10.2. The van der Waals surface area contributed by atoms with E-state index in [9.17, 15) is 9.59 Å². The molecule has 5 heteroatoms. The monoisotopic (exact) mass is 340 g/mol. The quantitative estimate of drug-likeness (QED) is 0.794. The van der Waals surface area contributed by atoms with Crippen LogP contribution < -0.4 is 15.0 Å². The first-order valence-electron chi connectivity index (χ1n) is 8.45. The van der Waals surface area contributed by atoms with Gasteiger partial charge in [-0.3, -0.25) is 9.59 Å². The summed E-state index contributed by atoms with van der Waals surface area (Å²) in [4.78, 5) is 25.9. The predicted octanol–water partition coefficient (Wildman–Crippen LogP) is 3.86. The Labute approximate surface area is 148 Å². The minimum absolute atomic E-state index is 0.00582. The molecule has 0 fully saturated rings. The number of carbonyl (C=O) groups is 2. The number of nitrogens with one attached hydrogen (secondary N) is 1. The molecular weight excluding hydrogens is 316 g/mol. The molecule has 0 unspecified atom stereocenters. The topological polar surface area (TPSA) is 58.6 Å². The average molecular weight is 340 g/mol. The highest BCUT2D eigenvalue weighted by atomic mass is 16.5. The molecule has 5 nitrogen and oxygen atoms in total. The molecule has 2 amide bonds. The molecule has 25 heavy (non-hydrogen) atoms. The summed E-state index contributed by atoms with van der Waals surface area (Å²) in [6.45, 7) is 2.43. The molecule has 132 valence electrons. The van der Waals surface area contributed by atoms with E-state index in [-0.39, 0.29) is 18.2 Å². The van der Waals surface area contributed by atoms with Crippen LogP contribution in [-0.2, 0) is 9.59 Å². The fourth-order valence-corrected chi connectivity index (χ4v) is 2.43. The number of hydrogen-bond acceptors (Lipinski definition) is 3. The van der Waals surface area contributed by atoms with E-state index >= 15 is 0 Å². The van der Waals surface area contributed by atoms with Crippen molar-refractivity contribution in [2.75, 3.05) is 23.9 Å². The molecule has 0 bridgehead atoms. The molecule has 0 spiro atoms. The Bertz CT molecular complexity index is 701. The average Bonchev–Trinajstić information content (AvgIpc) is 2.63. The largest absolute Gasteiger partial charge is 0.492 e. The first-order valence-corrected chi connectivity index (χ1v) is 8.45. The van der Waals surface area contributed by atoms with Gasteiger partial charge in [-0.2, -0.15) is 0 Å². The van der Waals surface area contributed by atoms with Crippen LogP contribution in [-0.4, -0.2) is 25.5 Å². The number of hydrogen-bond donors (Lipinski definition) is 1. The molecule has 0 saturated heterocycles. The summed E-state index contributed by atoms with van der Waals surface area (Å²) in [7, 11) is 1.75. The van der Waals surface area contributed by atoms with Gasteiger partial charge in [0.25, 0.3) is 0 Å². The Balaban J connectivity index is 1.80. The van der Waals surface area contributed by atoms with Crippen molar-refractivity contribution in [1.29, 1.82) is 0 Å². The Kier molecular flexibility index (Phi) is 7.01. The fourth-order valence-electron chi connectivity index (χ4n) is 2.43. The maximum atomic E-state index is 12.2. The molecule has 0 aliphatic rings. The highest BCUT2D eigenvalue weighted by Gasteiger charge is 2.12. The van der Waals surface area contributed by atoms with E-state index in [4.69, 9.17) is 4.74 Å². The molecule has 1 N–H and O–H groups in total. The maximum absolute atomic E-state index is 12.2. The van der Waals surface area contributed by atoms with Crippen LogP contribution in [0.3, 0.4) is 0 Å². The SMILES string of the molecule is CCOc1ccccc1NC(=O)CCCC(=O)N(C)c1ccccc1. The van der Waals surface area contributed by atoms with Crippen LogP contribution >= 0.6 is 0 Å². The number of nitrogens with zero attached hydrogens (tertiary/aromatic N) is 1. The zero-order valence-electron chi connectivity index (χ0n) is 14.7. The molecule has 0 aliphatic heterocycles. The molecule has 0 aromatic heterocycles. The van der Waals surface area contributed by atoms with Crippen molar-refractivity contribution in [1.82, 2.24) is 0 Å². The number of ether oxygens (including phenoxy) is 1. The fraction of sp³-hybridized carbons (Fsp3) is 0.300. The number of para-hydroxylation sites is 3.